The third-order valence-electron chi connectivity index (χ3n) is 4.14. The Labute approximate surface area is 155 Å². The highest BCUT2D eigenvalue weighted by molar-refractivity contribution is 6.30. The Hall–Kier alpha value is -2.60. The maximum absolute atomic E-state index is 13.7. The highest BCUT2D eigenvalue weighted by Gasteiger charge is 2.14. The van der Waals surface area contributed by atoms with Crippen molar-refractivity contribution in [2.24, 2.45) is 0 Å². The first-order chi connectivity index (χ1) is 12.5. The van der Waals surface area contributed by atoms with E-state index in [-0.39, 0.29) is 30.2 Å². The first kappa shape index (κ1) is 18.2. The lowest BCUT2D eigenvalue weighted by molar-refractivity contribution is -0.116. The number of aryl methyl sites for hydroxylation is 2. The third-order valence-corrected chi connectivity index (χ3v) is 4.37. The van der Waals surface area contributed by atoms with Gasteiger partial charge in [0.1, 0.15) is 5.82 Å². The molecular formula is C19H19ClFN3O2. The summed E-state index contributed by atoms with van der Waals surface area (Å²) in [5.41, 5.74) is 1.52. The first-order valence-corrected chi connectivity index (χ1v) is 8.82. The SMILES string of the molecule is CCCn1c(=O)n(CCC(=O)Nc2cc(Cl)ccc2F)c2ccccc21. The van der Waals surface area contributed by atoms with Gasteiger partial charge in [-0.05, 0) is 36.8 Å². The zero-order chi connectivity index (χ0) is 18.7. The van der Waals surface area contributed by atoms with Crippen LogP contribution in [0.2, 0.25) is 5.02 Å². The van der Waals surface area contributed by atoms with E-state index in [1.165, 1.54) is 18.2 Å². The molecule has 0 saturated heterocycles. The largest absolute Gasteiger partial charge is 0.329 e. The van der Waals surface area contributed by atoms with Crippen LogP contribution in [0.25, 0.3) is 11.0 Å². The average Bonchev–Trinajstić information content (AvgIpc) is 2.89. The average molecular weight is 376 g/mol. The lowest BCUT2D eigenvalue weighted by Crippen LogP contribution is -2.26. The molecule has 0 aliphatic heterocycles. The molecule has 3 rings (SSSR count). The summed E-state index contributed by atoms with van der Waals surface area (Å²) >= 11 is 5.83. The predicted octanol–water partition coefficient (Wildman–Crippen LogP) is 4.03. The fourth-order valence-electron chi connectivity index (χ4n) is 2.95. The van der Waals surface area contributed by atoms with Gasteiger partial charge >= 0.3 is 5.69 Å². The highest BCUT2D eigenvalue weighted by atomic mass is 35.5. The van der Waals surface area contributed by atoms with Crippen molar-refractivity contribution in [3.05, 3.63) is 63.8 Å². The van der Waals surface area contributed by atoms with Crippen LogP contribution >= 0.6 is 11.6 Å². The number of hydrogen-bond acceptors (Lipinski definition) is 2. The number of rotatable bonds is 6. The molecule has 0 aliphatic carbocycles. The van der Waals surface area contributed by atoms with Crippen molar-refractivity contribution in [2.45, 2.75) is 32.9 Å². The van der Waals surface area contributed by atoms with E-state index in [0.29, 0.717) is 11.6 Å². The van der Waals surface area contributed by atoms with E-state index >= 15 is 0 Å². The zero-order valence-electron chi connectivity index (χ0n) is 14.3. The standard InChI is InChI=1S/C19H19ClFN3O2/c1-2-10-23-16-5-3-4-6-17(16)24(19(23)26)11-9-18(25)22-15-12-13(20)7-8-14(15)21/h3-8,12H,2,9-11H2,1H3,(H,22,25). The maximum Gasteiger partial charge on any atom is 0.329 e. The Morgan fingerprint density at radius 3 is 2.42 bits per heavy atom. The Morgan fingerprint density at radius 2 is 1.77 bits per heavy atom. The van der Waals surface area contributed by atoms with Crippen LogP contribution in [-0.2, 0) is 17.9 Å². The second-order valence-electron chi connectivity index (χ2n) is 6.00. The summed E-state index contributed by atoms with van der Waals surface area (Å²) in [6.07, 6.45) is 0.883. The Bertz CT molecular complexity index is 1010. The molecule has 1 heterocycles. The molecule has 136 valence electrons. The van der Waals surface area contributed by atoms with Crippen molar-refractivity contribution in [1.82, 2.24) is 9.13 Å². The molecule has 2 aromatic carbocycles. The number of imidazole rings is 1. The molecule has 0 unspecified atom stereocenters. The smallest absolute Gasteiger partial charge is 0.323 e. The third kappa shape index (κ3) is 3.65. The van der Waals surface area contributed by atoms with E-state index in [0.717, 1.165) is 17.5 Å². The fraction of sp³-hybridized carbons (Fsp3) is 0.263. The summed E-state index contributed by atoms with van der Waals surface area (Å²) in [5, 5.41) is 2.83. The molecule has 1 amide bonds. The molecule has 1 aromatic heterocycles. The van der Waals surface area contributed by atoms with E-state index in [9.17, 15) is 14.0 Å². The van der Waals surface area contributed by atoms with Gasteiger partial charge in [0.2, 0.25) is 5.91 Å². The van der Waals surface area contributed by atoms with Gasteiger partial charge in [0.15, 0.2) is 0 Å². The quantitative estimate of drug-likeness (QED) is 0.707. The summed E-state index contributed by atoms with van der Waals surface area (Å²) < 4.78 is 17.0. The van der Waals surface area contributed by atoms with Crippen molar-refractivity contribution in [3.8, 4) is 0 Å². The topological polar surface area (TPSA) is 56.0 Å². The Balaban J connectivity index is 1.79. The highest BCUT2D eigenvalue weighted by Crippen LogP contribution is 2.20. The van der Waals surface area contributed by atoms with Gasteiger partial charge in [-0.1, -0.05) is 30.7 Å². The van der Waals surface area contributed by atoms with Gasteiger partial charge in [0.25, 0.3) is 0 Å². The normalized spacial score (nSPS) is 11.0. The Kier molecular flexibility index (Phi) is 5.42. The molecule has 0 spiro atoms. The number of fused-ring (bicyclic) bond motifs is 1. The number of para-hydroxylation sites is 2. The van der Waals surface area contributed by atoms with Gasteiger partial charge in [-0.3, -0.25) is 13.9 Å². The van der Waals surface area contributed by atoms with Gasteiger partial charge in [0, 0.05) is 24.5 Å². The maximum atomic E-state index is 13.7. The van der Waals surface area contributed by atoms with Crippen LogP contribution in [0.3, 0.4) is 0 Å². The molecule has 0 saturated carbocycles. The molecule has 0 aliphatic rings. The van der Waals surface area contributed by atoms with Crippen molar-refractivity contribution in [3.63, 3.8) is 0 Å². The summed E-state index contributed by atoms with van der Waals surface area (Å²) in [5.74, 6) is -0.940. The second kappa shape index (κ2) is 7.74. The number of nitrogens with one attached hydrogen (secondary N) is 1. The number of amides is 1. The van der Waals surface area contributed by atoms with Crippen molar-refractivity contribution in [1.29, 1.82) is 0 Å². The van der Waals surface area contributed by atoms with E-state index in [2.05, 4.69) is 5.32 Å². The van der Waals surface area contributed by atoms with E-state index in [1.807, 2.05) is 31.2 Å². The van der Waals surface area contributed by atoms with Crippen molar-refractivity contribution < 1.29 is 9.18 Å². The molecule has 0 bridgehead atoms. The van der Waals surface area contributed by atoms with Crippen LogP contribution in [0.4, 0.5) is 10.1 Å². The number of halogens is 2. The molecule has 5 nitrogen and oxygen atoms in total. The summed E-state index contributed by atoms with van der Waals surface area (Å²) in [7, 11) is 0. The molecule has 7 heteroatoms. The number of carbonyl (C=O) groups is 1. The number of anilines is 1. The van der Waals surface area contributed by atoms with Crippen LogP contribution in [-0.4, -0.2) is 15.0 Å². The summed E-state index contributed by atoms with van der Waals surface area (Å²) in [6, 6.07) is 11.5. The van der Waals surface area contributed by atoms with Crippen LogP contribution < -0.4 is 11.0 Å². The van der Waals surface area contributed by atoms with Crippen molar-refractivity contribution in [2.75, 3.05) is 5.32 Å². The van der Waals surface area contributed by atoms with E-state index in [1.54, 1.807) is 9.13 Å². The van der Waals surface area contributed by atoms with Gasteiger partial charge < -0.3 is 5.32 Å². The molecule has 0 fully saturated rings. The van der Waals surface area contributed by atoms with Crippen LogP contribution in [0.5, 0.6) is 0 Å². The minimum absolute atomic E-state index is 0.0308. The summed E-state index contributed by atoms with van der Waals surface area (Å²) in [4.78, 5) is 24.9. The molecule has 3 aromatic rings. The van der Waals surface area contributed by atoms with Gasteiger partial charge in [-0.2, -0.15) is 0 Å². The summed E-state index contributed by atoms with van der Waals surface area (Å²) in [6.45, 7) is 2.84. The molecule has 0 atom stereocenters. The van der Waals surface area contributed by atoms with Crippen molar-refractivity contribution >= 4 is 34.2 Å². The number of aromatic nitrogens is 2. The Morgan fingerprint density at radius 1 is 1.12 bits per heavy atom. The lowest BCUT2D eigenvalue weighted by atomic mass is 10.3. The minimum Gasteiger partial charge on any atom is -0.323 e. The molecule has 0 radical (unpaired) electrons. The van der Waals surface area contributed by atoms with E-state index < -0.39 is 5.82 Å². The number of hydrogen-bond donors (Lipinski definition) is 1. The molecular weight excluding hydrogens is 357 g/mol. The minimum atomic E-state index is -0.556. The van der Waals surface area contributed by atoms with Gasteiger partial charge in [-0.15, -0.1) is 0 Å². The fourth-order valence-corrected chi connectivity index (χ4v) is 3.12. The van der Waals surface area contributed by atoms with Gasteiger partial charge in [-0.25, -0.2) is 9.18 Å². The van der Waals surface area contributed by atoms with Crippen LogP contribution in [0.15, 0.2) is 47.3 Å². The van der Waals surface area contributed by atoms with Gasteiger partial charge in [0.05, 0.1) is 16.7 Å². The monoisotopic (exact) mass is 375 g/mol. The second-order valence-corrected chi connectivity index (χ2v) is 6.43. The van der Waals surface area contributed by atoms with Crippen LogP contribution in [0.1, 0.15) is 19.8 Å². The zero-order valence-corrected chi connectivity index (χ0v) is 15.1. The number of nitrogens with zero attached hydrogens (tertiary/aromatic N) is 2. The van der Waals surface area contributed by atoms with Crippen LogP contribution in [0, 0.1) is 5.82 Å². The number of benzene rings is 2. The predicted molar refractivity (Wildman–Crippen MR) is 101 cm³/mol. The lowest BCUT2D eigenvalue weighted by Gasteiger charge is -2.07. The molecule has 26 heavy (non-hydrogen) atoms. The first-order valence-electron chi connectivity index (χ1n) is 8.44. The number of carbonyl (C=O) groups excluding carboxylic acids is 1. The van der Waals surface area contributed by atoms with E-state index in [4.69, 9.17) is 11.6 Å². The molecule has 1 N–H and O–H groups in total.